The van der Waals surface area contributed by atoms with Gasteiger partial charge in [0.15, 0.2) is 5.82 Å². The fraction of sp³-hybridized carbons (Fsp3) is 0.333. The third kappa shape index (κ3) is 4.69. The Labute approximate surface area is 149 Å². The molecule has 0 unspecified atom stereocenters. The Morgan fingerprint density at radius 2 is 2.00 bits per heavy atom. The molecule has 0 aliphatic rings. The van der Waals surface area contributed by atoms with Crippen LogP contribution in [-0.2, 0) is 11.3 Å². The van der Waals surface area contributed by atoms with Crippen LogP contribution in [-0.4, -0.2) is 33.2 Å². The Bertz CT molecular complexity index is 760. The number of urea groups is 1. The minimum Gasteiger partial charge on any atom is -0.338 e. The van der Waals surface area contributed by atoms with Crippen LogP contribution in [0.2, 0.25) is 10.0 Å². The maximum atomic E-state index is 12.0. The van der Waals surface area contributed by atoms with Crippen molar-refractivity contribution in [1.82, 2.24) is 25.4 Å². The fourth-order valence-corrected chi connectivity index (χ4v) is 2.30. The smallest absolute Gasteiger partial charge is 0.321 e. The van der Waals surface area contributed by atoms with Crippen LogP contribution in [0.1, 0.15) is 19.2 Å². The molecule has 9 heteroatoms. The number of amides is 3. The molecule has 3 amide bonds. The number of carbonyl (C=O) groups is 2. The van der Waals surface area contributed by atoms with Crippen LogP contribution in [0, 0.1) is 6.92 Å². The lowest BCUT2D eigenvalue weighted by molar-refractivity contribution is -0.120. The van der Waals surface area contributed by atoms with Crippen LogP contribution < -0.4 is 10.6 Å². The Hall–Kier alpha value is -2.12. The van der Waals surface area contributed by atoms with Crippen molar-refractivity contribution in [3.8, 4) is 11.4 Å². The SMILES string of the molecule is CCCNC(=O)NC(=O)Cn1nc(C)nc1-c1ccc(Cl)c(Cl)c1. The van der Waals surface area contributed by atoms with Crippen LogP contribution in [0.3, 0.4) is 0 Å². The van der Waals surface area contributed by atoms with Crippen molar-refractivity contribution in [1.29, 1.82) is 0 Å². The fourth-order valence-electron chi connectivity index (χ4n) is 2.00. The van der Waals surface area contributed by atoms with Gasteiger partial charge in [0.2, 0.25) is 5.91 Å². The summed E-state index contributed by atoms with van der Waals surface area (Å²) < 4.78 is 1.41. The molecule has 1 aromatic carbocycles. The minimum absolute atomic E-state index is 0.143. The van der Waals surface area contributed by atoms with Gasteiger partial charge < -0.3 is 5.32 Å². The summed E-state index contributed by atoms with van der Waals surface area (Å²) in [5, 5.41) is 9.80. The first kappa shape index (κ1) is 18.2. The maximum Gasteiger partial charge on any atom is 0.321 e. The van der Waals surface area contributed by atoms with E-state index in [1.54, 1.807) is 25.1 Å². The number of hydrogen-bond acceptors (Lipinski definition) is 4. The number of benzene rings is 1. The lowest BCUT2D eigenvalue weighted by atomic mass is 10.2. The Kier molecular flexibility index (Phi) is 6.16. The number of aryl methyl sites for hydroxylation is 1. The van der Waals surface area contributed by atoms with Gasteiger partial charge in [0, 0.05) is 12.1 Å². The summed E-state index contributed by atoms with van der Waals surface area (Å²) in [5.41, 5.74) is 0.674. The first-order valence-corrected chi connectivity index (χ1v) is 8.11. The number of halogens is 2. The van der Waals surface area contributed by atoms with Crippen molar-refractivity contribution < 1.29 is 9.59 Å². The number of imide groups is 1. The molecule has 2 N–H and O–H groups in total. The summed E-state index contributed by atoms with van der Waals surface area (Å²) in [6.07, 6.45) is 0.783. The number of hydrogen-bond donors (Lipinski definition) is 2. The van der Waals surface area contributed by atoms with Gasteiger partial charge in [-0.25, -0.2) is 14.5 Å². The largest absolute Gasteiger partial charge is 0.338 e. The molecule has 1 aromatic heterocycles. The Morgan fingerprint density at radius 3 is 2.67 bits per heavy atom. The lowest BCUT2D eigenvalue weighted by Crippen LogP contribution is -2.41. The van der Waals surface area contributed by atoms with Crippen LogP contribution >= 0.6 is 23.2 Å². The van der Waals surface area contributed by atoms with E-state index in [9.17, 15) is 9.59 Å². The van der Waals surface area contributed by atoms with Gasteiger partial charge in [-0.05, 0) is 31.5 Å². The molecular formula is C15H17Cl2N5O2. The zero-order chi connectivity index (χ0) is 17.7. The van der Waals surface area contributed by atoms with Crippen molar-refractivity contribution in [3.63, 3.8) is 0 Å². The predicted octanol–water partition coefficient (Wildman–Crippen LogP) is 2.80. The van der Waals surface area contributed by atoms with Gasteiger partial charge in [-0.1, -0.05) is 30.1 Å². The highest BCUT2D eigenvalue weighted by Crippen LogP contribution is 2.27. The molecule has 0 saturated heterocycles. The average molecular weight is 370 g/mol. The summed E-state index contributed by atoms with van der Waals surface area (Å²) in [6, 6.07) is 4.50. The van der Waals surface area contributed by atoms with E-state index in [0.717, 1.165) is 6.42 Å². The third-order valence-electron chi connectivity index (χ3n) is 3.04. The van der Waals surface area contributed by atoms with Crippen molar-refractivity contribution >= 4 is 35.1 Å². The minimum atomic E-state index is -0.533. The highest BCUT2D eigenvalue weighted by molar-refractivity contribution is 6.42. The molecule has 1 heterocycles. The van der Waals surface area contributed by atoms with Crippen LogP contribution in [0.25, 0.3) is 11.4 Å². The Morgan fingerprint density at radius 1 is 1.25 bits per heavy atom. The van der Waals surface area contributed by atoms with E-state index < -0.39 is 11.9 Å². The zero-order valence-electron chi connectivity index (χ0n) is 13.3. The molecule has 7 nitrogen and oxygen atoms in total. The molecule has 0 saturated carbocycles. The second-order valence-electron chi connectivity index (χ2n) is 5.07. The molecule has 0 bridgehead atoms. The topological polar surface area (TPSA) is 88.9 Å². The Balaban J connectivity index is 2.15. The molecular weight excluding hydrogens is 353 g/mol. The summed E-state index contributed by atoms with van der Waals surface area (Å²) in [7, 11) is 0. The summed E-state index contributed by atoms with van der Waals surface area (Å²) in [4.78, 5) is 27.8. The van der Waals surface area contributed by atoms with E-state index in [1.165, 1.54) is 4.68 Å². The molecule has 128 valence electrons. The molecule has 24 heavy (non-hydrogen) atoms. The standard InChI is InChI=1S/C15H17Cl2N5O2/c1-3-6-18-15(24)20-13(23)8-22-14(19-9(2)21-22)10-4-5-11(16)12(17)7-10/h4-5,7H,3,6,8H2,1-2H3,(H2,18,20,23,24). The van der Waals surface area contributed by atoms with Gasteiger partial charge in [-0.3, -0.25) is 10.1 Å². The first-order chi connectivity index (χ1) is 11.4. The van der Waals surface area contributed by atoms with Gasteiger partial charge in [0.1, 0.15) is 12.4 Å². The third-order valence-corrected chi connectivity index (χ3v) is 3.78. The summed E-state index contributed by atoms with van der Waals surface area (Å²) in [6.45, 7) is 3.99. The number of nitrogens with one attached hydrogen (secondary N) is 2. The normalized spacial score (nSPS) is 10.5. The monoisotopic (exact) mass is 369 g/mol. The van der Waals surface area contributed by atoms with Gasteiger partial charge in [-0.15, -0.1) is 0 Å². The van der Waals surface area contributed by atoms with E-state index in [0.29, 0.717) is 33.8 Å². The maximum absolute atomic E-state index is 12.0. The second kappa shape index (κ2) is 8.12. The zero-order valence-corrected chi connectivity index (χ0v) is 14.8. The van der Waals surface area contributed by atoms with Gasteiger partial charge >= 0.3 is 6.03 Å². The average Bonchev–Trinajstić information content (AvgIpc) is 2.88. The summed E-state index contributed by atoms with van der Waals surface area (Å²) in [5.74, 6) is 0.476. The van der Waals surface area contributed by atoms with E-state index in [2.05, 4.69) is 20.7 Å². The second-order valence-corrected chi connectivity index (χ2v) is 5.89. The molecule has 0 spiro atoms. The van der Waals surface area contributed by atoms with Crippen molar-refractivity contribution in [2.24, 2.45) is 0 Å². The highest BCUT2D eigenvalue weighted by atomic mass is 35.5. The molecule has 0 aliphatic heterocycles. The number of rotatable bonds is 5. The highest BCUT2D eigenvalue weighted by Gasteiger charge is 2.15. The number of nitrogens with zero attached hydrogens (tertiary/aromatic N) is 3. The quantitative estimate of drug-likeness (QED) is 0.847. The molecule has 0 fully saturated rings. The van der Waals surface area contributed by atoms with Gasteiger partial charge in [0.25, 0.3) is 0 Å². The number of aromatic nitrogens is 3. The predicted molar refractivity (Wildman–Crippen MR) is 92.0 cm³/mol. The molecule has 2 rings (SSSR count). The summed E-state index contributed by atoms with van der Waals surface area (Å²) >= 11 is 11.9. The van der Waals surface area contributed by atoms with Crippen molar-refractivity contribution in [2.75, 3.05) is 6.54 Å². The van der Waals surface area contributed by atoms with E-state index in [4.69, 9.17) is 23.2 Å². The molecule has 0 aliphatic carbocycles. The van der Waals surface area contributed by atoms with Gasteiger partial charge in [0.05, 0.1) is 10.0 Å². The first-order valence-electron chi connectivity index (χ1n) is 7.35. The molecule has 0 atom stereocenters. The van der Waals surface area contributed by atoms with Gasteiger partial charge in [-0.2, -0.15) is 5.10 Å². The van der Waals surface area contributed by atoms with Crippen molar-refractivity contribution in [2.45, 2.75) is 26.8 Å². The van der Waals surface area contributed by atoms with E-state index >= 15 is 0 Å². The lowest BCUT2D eigenvalue weighted by Gasteiger charge is -2.08. The van der Waals surface area contributed by atoms with Crippen LogP contribution in [0.15, 0.2) is 18.2 Å². The number of carbonyl (C=O) groups excluding carboxylic acids is 2. The van der Waals surface area contributed by atoms with E-state index in [1.807, 2.05) is 6.92 Å². The van der Waals surface area contributed by atoms with Crippen LogP contribution in [0.4, 0.5) is 4.79 Å². The molecule has 0 radical (unpaired) electrons. The van der Waals surface area contributed by atoms with Crippen molar-refractivity contribution in [3.05, 3.63) is 34.1 Å². The van der Waals surface area contributed by atoms with Crippen LogP contribution in [0.5, 0.6) is 0 Å². The molecule has 2 aromatic rings. The van der Waals surface area contributed by atoms with E-state index in [-0.39, 0.29) is 6.54 Å².